The van der Waals surface area contributed by atoms with Crippen LogP contribution in [0.25, 0.3) is 0 Å². The van der Waals surface area contributed by atoms with Crippen molar-refractivity contribution in [2.24, 2.45) is 0 Å². The molecule has 0 atom stereocenters. The van der Waals surface area contributed by atoms with Crippen molar-refractivity contribution in [3.63, 3.8) is 0 Å². The van der Waals surface area contributed by atoms with Gasteiger partial charge in [-0.15, -0.1) is 22.9 Å². The summed E-state index contributed by atoms with van der Waals surface area (Å²) in [5.74, 6) is 0.326. The highest BCUT2D eigenvalue weighted by Gasteiger charge is 2.43. The Morgan fingerprint density at radius 3 is 2.30 bits per heavy atom. The summed E-state index contributed by atoms with van der Waals surface area (Å²) in [5, 5.41) is 1.79. The molecule has 1 aromatic rings. The number of ether oxygens (including phenoxy) is 1. The first kappa shape index (κ1) is 16.2. The number of halogens is 1. The average Bonchev–Trinajstić information content (AvgIpc) is 2.73. The van der Waals surface area contributed by atoms with Gasteiger partial charge in [0.05, 0.1) is 11.2 Å². The lowest BCUT2D eigenvalue weighted by Gasteiger charge is -2.46. The van der Waals surface area contributed by atoms with Crippen molar-refractivity contribution >= 4 is 33.0 Å². The van der Waals surface area contributed by atoms with Crippen molar-refractivity contribution in [3.05, 3.63) is 17.0 Å². The Morgan fingerprint density at radius 1 is 1.30 bits per heavy atom. The van der Waals surface area contributed by atoms with E-state index in [4.69, 9.17) is 16.3 Å². The zero-order chi connectivity index (χ0) is 15.2. The third kappa shape index (κ3) is 3.36. The Morgan fingerprint density at radius 2 is 1.85 bits per heavy atom. The predicted molar refractivity (Wildman–Crippen MR) is 81.9 cm³/mol. The second-order valence-corrected chi connectivity index (χ2v) is 9.65. The summed E-state index contributed by atoms with van der Waals surface area (Å²) in [7, 11) is -3.48. The van der Waals surface area contributed by atoms with Gasteiger partial charge >= 0.3 is 0 Å². The first-order valence-electron chi connectivity index (χ1n) is 6.39. The van der Waals surface area contributed by atoms with Gasteiger partial charge in [-0.05, 0) is 44.7 Å². The van der Waals surface area contributed by atoms with Crippen LogP contribution in [0.2, 0.25) is 0 Å². The van der Waals surface area contributed by atoms with Crippen LogP contribution in [0.15, 0.2) is 15.7 Å². The molecular weight excluding hydrogens is 318 g/mol. The van der Waals surface area contributed by atoms with E-state index >= 15 is 0 Å². The van der Waals surface area contributed by atoms with Gasteiger partial charge in [0, 0.05) is 19.0 Å². The number of sulfonamides is 1. The molecule has 114 valence electrons. The van der Waals surface area contributed by atoms with E-state index < -0.39 is 21.2 Å². The number of nitrogens with zero attached hydrogens (tertiary/aromatic N) is 1. The minimum Gasteiger partial charge on any atom is -0.367 e. The molecule has 7 heteroatoms. The van der Waals surface area contributed by atoms with Crippen LogP contribution in [-0.2, 0) is 20.6 Å². The van der Waals surface area contributed by atoms with Gasteiger partial charge in [0.2, 0.25) is 0 Å². The van der Waals surface area contributed by atoms with Crippen molar-refractivity contribution < 1.29 is 13.2 Å². The smallest absolute Gasteiger partial charge is 0.252 e. The molecule has 0 spiro atoms. The molecule has 1 aliphatic rings. The van der Waals surface area contributed by atoms with Crippen molar-refractivity contribution in [2.75, 3.05) is 13.1 Å². The average molecular weight is 338 g/mol. The number of alkyl halides is 1. The fourth-order valence-corrected chi connectivity index (χ4v) is 5.92. The number of morpholine rings is 1. The Kier molecular flexibility index (Phi) is 4.26. The van der Waals surface area contributed by atoms with Crippen LogP contribution >= 0.6 is 22.9 Å². The first-order valence-corrected chi connectivity index (χ1v) is 9.25. The Bertz CT molecular complexity index is 577. The summed E-state index contributed by atoms with van der Waals surface area (Å²) >= 11 is 6.97. The SMILES string of the molecule is CC1(C)CN(S(=O)(=O)c2cc(CCl)cs2)CC(C)(C)O1. The van der Waals surface area contributed by atoms with Gasteiger partial charge in [-0.25, -0.2) is 8.42 Å². The third-order valence-electron chi connectivity index (χ3n) is 3.05. The van der Waals surface area contributed by atoms with Crippen molar-refractivity contribution in [1.29, 1.82) is 0 Å². The predicted octanol–water partition coefficient (Wildman–Crippen LogP) is 3.07. The molecular formula is C13H20ClNO3S2. The third-order valence-corrected chi connectivity index (χ3v) is 6.61. The fraction of sp³-hybridized carbons (Fsp3) is 0.692. The standard InChI is InChI=1S/C13H20ClNO3S2/c1-12(2)8-15(9-13(3,4)18-12)20(16,17)11-5-10(6-14)7-19-11/h5,7H,6,8-9H2,1-4H3. The first-order chi connectivity index (χ1) is 9.06. The van der Waals surface area contributed by atoms with E-state index in [1.807, 2.05) is 27.7 Å². The normalized spacial score (nSPS) is 22.9. The van der Waals surface area contributed by atoms with Gasteiger partial charge in [-0.1, -0.05) is 0 Å². The van der Waals surface area contributed by atoms with E-state index in [0.717, 1.165) is 5.56 Å². The minimum atomic E-state index is -3.48. The molecule has 1 saturated heterocycles. The van der Waals surface area contributed by atoms with E-state index in [1.54, 1.807) is 11.4 Å². The zero-order valence-corrected chi connectivity index (χ0v) is 14.5. The molecule has 0 bridgehead atoms. The van der Waals surface area contributed by atoms with Gasteiger partial charge in [0.1, 0.15) is 4.21 Å². The van der Waals surface area contributed by atoms with Crippen molar-refractivity contribution in [1.82, 2.24) is 4.31 Å². The lowest BCUT2D eigenvalue weighted by atomic mass is 10.0. The number of hydrogen-bond donors (Lipinski definition) is 0. The Hall–Kier alpha value is -0.140. The van der Waals surface area contributed by atoms with Crippen molar-refractivity contribution in [3.8, 4) is 0 Å². The van der Waals surface area contributed by atoms with E-state index in [0.29, 0.717) is 23.2 Å². The van der Waals surface area contributed by atoms with Gasteiger partial charge < -0.3 is 4.74 Å². The Balaban J connectivity index is 2.33. The summed E-state index contributed by atoms with van der Waals surface area (Å²) in [4.78, 5) is 0. The summed E-state index contributed by atoms with van der Waals surface area (Å²) in [5.41, 5.74) is -0.162. The van der Waals surface area contributed by atoms with Crippen LogP contribution in [0.3, 0.4) is 0 Å². The molecule has 0 radical (unpaired) electrons. The maximum absolute atomic E-state index is 12.7. The van der Waals surface area contributed by atoms with Crippen LogP contribution < -0.4 is 0 Å². The quantitative estimate of drug-likeness (QED) is 0.796. The summed E-state index contributed by atoms with van der Waals surface area (Å²) in [6.07, 6.45) is 0. The molecule has 0 unspecified atom stereocenters. The highest BCUT2D eigenvalue weighted by Crippen LogP contribution is 2.33. The maximum atomic E-state index is 12.7. The van der Waals surface area contributed by atoms with E-state index in [-0.39, 0.29) is 0 Å². The molecule has 0 saturated carbocycles. The molecule has 2 heterocycles. The van der Waals surface area contributed by atoms with Gasteiger partial charge in [-0.2, -0.15) is 4.31 Å². The van der Waals surface area contributed by atoms with Crippen LogP contribution in [0.4, 0.5) is 0 Å². The topological polar surface area (TPSA) is 46.6 Å². The van der Waals surface area contributed by atoms with Crippen LogP contribution in [-0.4, -0.2) is 37.0 Å². The summed E-state index contributed by atoms with van der Waals surface area (Å²) < 4.78 is 33.2. The molecule has 0 aliphatic carbocycles. The monoisotopic (exact) mass is 337 g/mol. The second kappa shape index (κ2) is 5.25. The molecule has 4 nitrogen and oxygen atoms in total. The summed E-state index contributed by atoms with van der Waals surface area (Å²) in [6, 6.07) is 1.66. The van der Waals surface area contributed by atoms with E-state index in [9.17, 15) is 8.42 Å². The van der Waals surface area contributed by atoms with E-state index in [2.05, 4.69) is 0 Å². The fourth-order valence-electron chi connectivity index (χ4n) is 2.57. The lowest BCUT2D eigenvalue weighted by molar-refractivity contribution is -0.163. The molecule has 1 aliphatic heterocycles. The highest BCUT2D eigenvalue weighted by molar-refractivity contribution is 7.91. The minimum absolute atomic E-state index is 0.326. The molecule has 0 amide bonds. The van der Waals surface area contributed by atoms with Gasteiger partial charge in [0.15, 0.2) is 0 Å². The van der Waals surface area contributed by atoms with E-state index in [1.165, 1.54) is 15.6 Å². The van der Waals surface area contributed by atoms with Crippen LogP contribution in [0, 0.1) is 0 Å². The summed E-state index contributed by atoms with van der Waals surface area (Å²) in [6.45, 7) is 8.36. The molecule has 1 fully saturated rings. The number of rotatable bonds is 3. The maximum Gasteiger partial charge on any atom is 0.252 e. The second-order valence-electron chi connectivity index (χ2n) is 6.30. The van der Waals surface area contributed by atoms with Crippen LogP contribution in [0.5, 0.6) is 0 Å². The van der Waals surface area contributed by atoms with Crippen LogP contribution in [0.1, 0.15) is 33.3 Å². The highest BCUT2D eigenvalue weighted by atomic mass is 35.5. The molecule has 1 aromatic heterocycles. The number of hydrogen-bond acceptors (Lipinski definition) is 4. The lowest BCUT2D eigenvalue weighted by Crippen LogP contribution is -2.58. The van der Waals surface area contributed by atoms with Gasteiger partial charge in [0.25, 0.3) is 10.0 Å². The molecule has 0 N–H and O–H groups in total. The Labute approximate surface area is 129 Å². The molecule has 0 aromatic carbocycles. The zero-order valence-electron chi connectivity index (χ0n) is 12.1. The molecule has 20 heavy (non-hydrogen) atoms. The molecule has 2 rings (SSSR count). The number of thiophene rings is 1. The largest absolute Gasteiger partial charge is 0.367 e. The van der Waals surface area contributed by atoms with Gasteiger partial charge in [-0.3, -0.25) is 0 Å². The van der Waals surface area contributed by atoms with Crippen molar-refractivity contribution in [2.45, 2.75) is 49.0 Å².